The summed E-state index contributed by atoms with van der Waals surface area (Å²) in [6, 6.07) is 9.01. The first-order valence-electron chi connectivity index (χ1n) is 7.23. The van der Waals surface area contributed by atoms with Crippen LogP contribution in [-0.2, 0) is 0 Å². The molecule has 3 aromatic rings. The maximum absolute atomic E-state index is 10.5. The molecular formula is C16H15N5O2. The lowest BCUT2D eigenvalue weighted by molar-refractivity contribution is 0.0415. The van der Waals surface area contributed by atoms with E-state index in [0.29, 0.717) is 16.7 Å². The third-order valence-electron chi connectivity index (χ3n) is 4.16. The highest BCUT2D eigenvalue weighted by molar-refractivity contribution is 5.82. The van der Waals surface area contributed by atoms with Crippen molar-refractivity contribution < 1.29 is 10.2 Å². The molecule has 0 aliphatic heterocycles. The Morgan fingerprint density at radius 2 is 1.83 bits per heavy atom. The molecule has 0 fully saturated rings. The van der Waals surface area contributed by atoms with Crippen molar-refractivity contribution in [2.75, 3.05) is 5.73 Å². The molecule has 4 rings (SSSR count). The third kappa shape index (κ3) is 2.09. The van der Waals surface area contributed by atoms with E-state index in [-0.39, 0.29) is 5.82 Å². The van der Waals surface area contributed by atoms with Crippen molar-refractivity contribution >= 4 is 22.6 Å². The Hall–Kier alpha value is -2.77. The van der Waals surface area contributed by atoms with Gasteiger partial charge in [0.15, 0.2) is 11.5 Å². The van der Waals surface area contributed by atoms with Gasteiger partial charge in [0, 0.05) is 0 Å². The largest absolute Gasteiger partial charge is 0.388 e. The second-order valence-electron chi connectivity index (χ2n) is 5.50. The fourth-order valence-corrected chi connectivity index (χ4v) is 2.98. The van der Waals surface area contributed by atoms with Crippen molar-refractivity contribution in [2.45, 2.75) is 18.2 Å². The van der Waals surface area contributed by atoms with Crippen molar-refractivity contribution in [3.8, 4) is 0 Å². The molecule has 1 aromatic carbocycles. The van der Waals surface area contributed by atoms with Gasteiger partial charge in [-0.05, 0) is 11.1 Å². The number of hydrogen-bond acceptors (Lipinski definition) is 6. The van der Waals surface area contributed by atoms with E-state index in [4.69, 9.17) is 5.73 Å². The van der Waals surface area contributed by atoms with E-state index in [2.05, 4.69) is 15.0 Å². The molecule has 0 radical (unpaired) electrons. The molecule has 0 saturated heterocycles. The van der Waals surface area contributed by atoms with Crippen LogP contribution in [0.1, 0.15) is 11.6 Å². The van der Waals surface area contributed by atoms with Crippen molar-refractivity contribution in [2.24, 2.45) is 0 Å². The molecule has 23 heavy (non-hydrogen) atoms. The van der Waals surface area contributed by atoms with E-state index in [1.54, 1.807) is 10.9 Å². The minimum Gasteiger partial charge on any atom is -0.388 e. The van der Waals surface area contributed by atoms with Gasteiger partial charge in [-0.1, -0.05) is 36.4 Å². The number of imidazole rings is 1. The van der Waals surface area contributed by atoms with Crippen LogP contribution in [0.25, 0.3) is 16.7 Å². The minimum absolute atomic E-state index is 0.286. The number of nitrogen functional groups attached to an aromatic ring is 1. The predicted molar refractivity (Wildman–Crippen MR) is 85.2 cm³/mol. The maximum Gasteiger partial charge on any atom is 0.166 e. The summed E-state index contributed by atoms with van der Waals surface area (Å²) >= 11 is 0. The fraction of sp³-hybridized carbons (Fsp3) is 0.188. The van der Waals surface area contributed by atoms with Gasteiger partial charge in [-0.15, -0.1) is 0 Å². The summed E-state index contributed by atoms with van der Waals surface area (Å²) in [5.41, 5.74) is 8.37. The van der Waals surface area contributed by atoms with Crippen molar-refractivity contribution in [3.63, 3.8) is 0 Å². The van der Waals surface area contributed by atoms with Gasteiger partial charge in [0.25, 0.3) is 0 Å². The van der Waals surface area contributed by atoms with Crippen molar-refractivity contribution in [1.82, 2.24) is 19.5 Å². The first-order chi connectivity index (χ1) is 11.2. The molecule has 0 bridgehead atoms. The van der Waals surface area contributed by atoms with Crippen LogP contribution in [0, 0.1) is 0 Å². The summed E-state index contributed by atoms with van der Waals surface area (Å²) in [5.74, 6) is 0.286. The van der Waals surface area contributed by atoms with Crippen LogP contribution < -0.4 is 5.73 Å². The standard InChI is InChI=1S/C16H15N5O2/c17-15-12-16(19-7-18-15)21(8-20-12)11-6-10(13(22)14(11)23)9-4-2-1-3-5-9/h1-8,11,13-14,22-23H,(H2,17,18,19)/t11-,13-,14+/m1/s1. The van der Waals surface area contributed by atoms with Gasteiger partial charge >= 0.3 is 0 Å². The zero-order valence-electron chi connectivity index (χ0n) is 12.1. The van der Waals surface area contributed by atoms with Gasteiger partial charge < -0.3 is 20.5 Å². The number of aliphatic hydroxyl groups excluding tert-OH is 2. The van der Waals surface area contributed by atoms with Crippen molar-refractivity contribution in [1.29, 1.82) is 0 Å². The highest BCUT2D eigenvalue weighted by atomic mass is 16.3. The summed E-state index contributed by atoms with van der Waals surface area (Å²) in [6.07, 6.45) is 2.79. The van der Waals surface area contributed by atoms with Gasteiger partial charge in [0.2, 0.25) is 0 Å². The number of benzene rings is 1. The smallest absolute Gasteiger partial charge is 0.166 e. The van der Waals surface area contributed by atoms with Gasteiger partial charge in [-0.2, -0.15) is 0 Å². The SMILES string of the molecule is Nc1ncnc2c1ncn2[C@@H]1C=C(c2ccccc2)[C@@H](O)[C@H]1O. The number of nitrogens with two attached hydrogens (primary N) is 1. The van der Waals surface area contributed by atoms with Crippen LogP contribution in [0.5, 0.6) is 0 Å². The van der Waals surface area contributed by atoms with Crippen LogP contribution in [0.4, 0.5) is 5.82 Å². The number of nitrogens with zero attached hydrogens (tertiary/aromatic N) is 4. The zero-order valence-corrected chi connectivity index (χ0v) is 12.1. The van der Waals surface area contributed by atoms with E-state index < -0.39 is 18.2 Å². The first kappa shape index (κ1) is 13.9. The van der Waals surface area contributed by atoms with Crippen LogP contribution >= 0.6 is 0 Å². The Labute approximate surface area is 131 Å². The Morgan fingerprint density at radius 1 is 1.04 bits per heavy atom. The summed E-state index contributed by atoms with van der Waals surface area (Å²) in [4.78, 5) is 12.3. The molecular weight excluding hydrogens is 294 g/mol. The molecule has 2 heterocycles. The van der Waals surface area contributed by atoms with Crippen LogP contribution in [-0.4, -0.2) is 41.9 Å². The molecule has 3 atom stereocenters. The summed E-state index contributed by atoms with van der Waals surface area (Å²) in [5, 5.41) is 20.9. The molecule has 116 valence electrons. The summed E-state index contributed by atoms with van der Waals surface area (Å²) in [6.45, 7) is 0. The average molecular weight is 309 g/mol. The monoisotopic (exact) mass is 309 g/mol. The Morgan fingerprint density at radius 3 is 2.61 bits per heavy atom. The number of aromatic nitrogens is 4. The summed E-state index contributed by atoms with van der Waals surface area (Å²) in [7, 11) is 0. The predicted octanol–water partition coefficient (Wildman–Crippen LogP) is 0.769. The topological polar surface area (TPSA) is 110 Å². The highest BCUT2D eigenvalue weighted by Crippen LogP contribution is 2.36. The lowest BCUT2D eigenvalue weighted by Crippen LogP contribution is -2.29. The summed E-state index contributed by atoms with van der Waals surface area (Å²) < 4.78 is 1.71. The molecule has 4 N–H and O–H groups in total. The Bertz CT molecular complexity index is 890. The normalized spacial score (nSPS) is 24.1. The molecule has 0 saturated carbocycles. The number of fused-ring (bicyclic) bond motifs is 1. The lowest BCUT2D eigenvalue weighted by atomic mass is 10.0. The first-order valence-corrected chi connectivity index (χ1v) is 7.23. The number of anilines is 1. The Kier molecular flexibility index (Phi) is 3.10. The minimum atomic E-state index is -0.987. The third-order valence-corrected chi connectivity index (χ3v) is 4.16. The van der Waals surface area contributed by atoms with Gasteiger partial charge in [0.05, 0.1) is 12.4 Å². The Balaban J connectivity index is 1.82. The number of aliphatic hydroxyl groups is 2. The number of rotatable bonds is 2. The lowest BCUT2D eigenvalue weighted by Gasteiger charge is -2.19. The molecule has 0 unspecified atom stereocenters. The van der Waals surface area contributed by atoms with Crippen molar-refractivity contribution in [3.05, 3.63) is 54.6 Å². The number of hydrogen-bond donors (Lipinski definition) is 3. The fourth-order valence-electron chi connectivity index (χ4n) is 2.98. The molecule has 1 aliphatic carbocycles. The van der Waals surface area contributed by atoms with Gasteiger partial charge in [-0.3, -0.25) is 0 Å². The molecule has 2 aromatic heterocycles. The van der Waals surface area contributed by atoms with Gasteiger partial charge in [0.1, 0.15) is 24.1 Å². The average Bonchev–Trinajstić information content (AvgIpc) is 3.12. The second kappa shape index (κ2) is 5.15. The maximum atomic E-state index is 10.5. The van der Waals surface area contributed by atoms with Crippen LogP contribution in [0.3, 0.4) is 0 Å². The van der Waals surface area contributed by atoms with Crippen LogP contribution in [0.15, 0.2) is 49.1 Å². The molecule has 7 heteroatoms. The van der Waals surface area contributed by atoms with E-state index in [1.807, 2.05) is 36.4 Å². The molecule has 1 aliphatic rings. The molecule has 0 amide bonds. The molecule has 0 spiro atoms. The molecule has 7 nitrogen and oxygen atoms in total. The second-order valence-corrected chi connectivity index (χ2v) is 5.50. The van der Waals surface area contributed by atoms with E-state index >= 15 is 0 Å². The van der Waals surface area contributed by atoms with Gasteiger partial charge in [-0.25, -0.2) is 15.0 Å². The van der Waals surface area contributed by atoms with E-state index in [1.165, 1.54) is 6.33 Å². The van der Waals surface area contributed by atoms with Crippen LogP contribution in [0.2, 0.25) is 0 Å². The van der Waals surface area contributed by atoms with E-state index in [0.717, 1.165) is 5.56 Å². The van der Waals surface area contributed by atoms with E-state index in [9.17, 15) is 10.2 Å². The highest BCUT2D eigenvalue weighted by Gasteiger charge is 2.37. The zero-order chi connectivity index (χ0) is 16.0. The quantitative estimate of drug-likeness (QED) is 0.645.